The number of likely N-dealkylation sites (tertiary alicyclic amines) is 1. The van der Waals surface area contributed by atoms with E-state index in [1.165, 1.54) is 22.6 Å². The Bertz CT molecular complexity index is 628. The largest absolute Gasteiger partial charge is 0.468 e. The van der Waals surface area contributed by atoms with Gasteiger partial charge in [-0.25, -0.2) is 0 Å². The molecule has 2 aromatic rings. The van der Waals surface area contributed by atoms with Gasteiger partial charge in [0, 0.05) is 29.4 Å². The Kier molecular flexibility index (Phi) is 6.10. The summed E-state index contributed by atoms with van der Waals surface area (Å²) in [5.74, 6) is 1.16. The number of aryl methyl sites for hydroxylation is 1. The molecule has 130 valence electrons. The summed E-state index contributed by atoms with van der Waals surface area (Å²) in [6, 6.07) is 8.18. The summed E-state index contributed by atoms with van der Waals surface area (Å²) in [4.78, 5) is 19.6. The van der Waals surface area contributed by atoms with Gasteiger partial charge in [-0.05, 0) is 44.0 Å². The van der Waals surface area contributed by atoms with Crippen molar-refractivity contribution < 1.29 is 9.21 Å². The number of hydrogen-bond acceptors (Lipinski definition) is 4. The third-order valence-electron chi connectivity index (χ3n) is 4.45. The van der Waals surface area contributed by atoms with Gasteiger partial charge in [0.05, 0.1) is 19.4 Å². The summed E-state index contributed by atoms with van der Waals surface area (Å²) in [6.07, 6.45) is 6.45. The number of rotatable bonds is 6. The average Bonchev–Trinajstić information content (AvgIpc) is 3.11. The summed E-state index contributed by atoms with van der Waals surface area (Å²) in [7, 11) is 0. The quantitative estimate of drug-likeness (QED) is 0.791. The van der Waals surface area contributed by atoms with E-state index in [0.29, 0.717) is 13.1 Å². The van der Waals surface area contributed by atoms with Gasteiger partial charge in [0.1, 0.15) is 5.76 Å². The molecule has 24 heavy (non-hydrogen) atoms. The second-order valence-electron chi connectivity index (χ2n) is 6.53. The minimum Gasteiger partial charge on any atom is -0.468 e. The molecule has 0 unspecified atom stereocenters. The van der Waals surface area contributed by atoms with Crippen LogP contribution in [0.3, 0.4) is 0 Å². The predicted octanol–water partition coefficient (Wildman–Crippen LogP) is 4.05. The number of carbonyl (C=O) groups excluding carboxylic acids is 1. The molecule has 0 saturated carbocycles. The number of hydrogen-bond donors (Lipinski definition) is 0. The highest BCUT2D eigenvalue weighted by Gasteiger charge is 2.20. The second kappa shape index (κ2) is 8.49. The van der Waals surface area contributed by atoms with Crippen LogP contribution in [0.25, 0.3) is 0 Å². The Morgan fingerprint density at radius 1 is 1.17 bits per heavy atom. The highest BCUT2D eigenvalue weighted by molar-refractivity contribution is 7.11. The molecule has 1 fully saturated rings. The predicted molar refractivity (Wildman–Crippen MR) is 96.9 cm³/mol. The van der Waals surface area contributed by atoms with Crippen molar-refractivity contribution >= 4 is 17.2 Å². The smallest absolute Gasteiger partial charge is 0.236 e. The van der Waals surface area contributed by atoms with Gasteiger partial charge < -0.3 is 9.32 Å². The summed E-state index contributed by atoms with van der Waals surface area (Å²) >= 11 is 1.80. The number of nitrogens with zero attached hydrogens (tertiary/aromatic N) is 2. The Hall–Kier alpha value is -1.59. The van der Waals surface area contributed by atoms with E-state index in [4.69, 9.17) is 4.42 Å². The Labute approximate surface area is 148 Å². The van der Waals surface area contributed by atoms with E-state index >= 15 is 0 Å². The molecule has 2 aromatic heterocycles. The molecule has 5 heteroatoms. The van der Waals surface area contributed by atoms with Crippen LogP contribution in [0.1, 0.15) is 41.2 Å². The van der Waals surface area contributed by atoms with Crippen LogP contribution in [0, 0.1) is 6.92 Å². The number of amides is 1. The van der Waals surface area contributed by atoms with Crippen molar-refractivity contribution in [2.24, 2.45) is 0 Å². The maximum atomic E-state index is 12.7. The molecule has 0 bridgehead atoms. The zero-order valence-electron chi connectivity index (χ0n) is 14.4. The van der Waals surface area contributed by atoms with E-state index in [-0.39, 0.29) is 5.91 Å². The standard InChI is InChI=1S/C19H26N2O2S/c1-16-8-9-18(24-16)14-20(13-17-7-6-12-23-17)15-19(22)21-10-4-2-3-5-11-21/h6-9,12H,2-5,10-11,13-15H2,1H3. The first-order chi connectivity index (χ1) is 11.7. The molecule has 0 N–H and O–H groups in total. The van der Waals surface area contributed by atoms with Crippen LogP contribution in [0.15, 0.2) is 34.9 Å². The summed E-state index contributed by atoms with van der Waals surface area (Å²) in [6.45, 7) is 5.85. The van der Waals surface area contributed by atoms with E-state index in [2.05, 4.69) is 24.0 Å². The van der Waals surface area contributed by atoms with E-state index in [1.54, 1.807) is 17.6 Å². The lowest BCUT2D eigenvalue weighted by Gasteiger charge is -2.25. The third kappa shape index (κ3) is 4.95. The molecule has 0 spiro atoms. The van der Waals surface area contributed by atoms with Crippen LogP contribution in [0.5, 0.6) is 0 Å². The fourth-order valence-electron chi connectivity index (χ4n) is 3.19. The average molecular weight is 346 g/mol. The van der Waals surface area contributed by atoms with Gasteiger partial charge in [-0.3, -0.25) is 9.69 Å². The number of furan rings is 1. The van der Waals surface area contributed by atoms with Gasteiger partial charge in [0.25, 0.3) is 0 Å². The molecule has 1 aliphatic rings. The Morgan fingerprint density at radius 3 is 2.58 bits per heavy atom. The van der Waals surface area contributed by atoms with Gasteiger partial charge in [-0.15, -0.1) is 11.3 Å². The fraction of sp³-hybridized carbons (Fsp3) is 0.526. The van der Waals surface area contributed by atoms with Crippen molar-refractivity contribution in [2.45, 2.75) is 45.7 Å². The highest BCUT2D eigenvalue weighted by Crippen LogP contribution is 2.19. The summed E-state index contributed by atoms with van der Waals surface area (Å²) in [5.41, 5.74) is 0. The van der Waals surface area contributed by atoms with Gasteiger partial charge in [-0.1, -0.05) is 12.8 Å². The van der Waals surface area contributed by atoms with Gasteiger partial charge in [0.2, 0.25) is 5.91 Å². The lowest BCUT2D eigenvalue weighted by molar-refractivity contribution is -0.132. The molecule has 0 aliphatic carbocycles. The fourth-order valence-corrected chi connectivity index (χ4v) is 4.13. The van der Waals surface area contributed by atoms with Crippen molar-refractivity contribution in [3.8, 4) is 0 Å². The molecule has 1 amide bonds. The van der Waals surface area contributed by atoms with Crippen molar-refractivity contribution in [3.63, 3.8) is 0 Å². The molecular weight excluding hydrogens is 320 g/mol. The molecule has 1 saturated heterocycles. The first-order valence-corrected chi connectivity index (χ1v) is 9.60. The first-order valence-electron chi connectivity index (χ1n) is 8.78. The van der Waals surface area contributed by atoms with E-state index in [0.717, 1.165) is 38.2 Å². The maximum absolute atomic E-state index is 12.7. The van der Waals surface area contributed by atoms with Crippen molar-refractivity contribution in [3.05, 3.63) is 46.0 Å². The first kappa shape index (κ1) is 17.2. The topological polar surface area (TPSA) is 36.7 Å². The lowest BCUT2D eigenvalue weighted by atomic mass is 10.2. The van der Waals surface area contributed by atoms with Crippen molar-refractivity contribution in [1.82, 2.24) is 9.80 Å². The van der Waals surface area contributed by atoms with Crippen LogP contribution < -0.4 is 0 Å². The minimum absolute atomic E-state index is 0.247. The molecule has 0 radical (unpaired) electrons. The summed E-state index contributed by atoms with van der Waals surface area (Å²) in [5, 5.41) is 0. The van der Waals surface area contributed by atoms with Crippen molar-refractivity contribution in [2.75, 3.05) is 19.6 Å². The molecule has 0 atom stereocenters. The van der Waals surface area contributed by atoms with E-state index in [1.807, 2.05) is 17.0 Å². The van der Waals surface area contributed by atoms with Gasteiger partial charge >= 0.3 is 0 Å². The van der Waals surface area contributed by atoms with Gasteiger partial charge in [-0.2, -0.15) is 0 Å². The number of carbonyl (C=O) groups is 1. The van der Waals surface area contributed by atoms with Crippen molar-refractivity contribution in [1.29, 1.82) is 0 Å². The Balaban J connectivity index is 1.65. The molecule has 0 aromatic carbocycles. The number of thiophene rings is 1. The van der Waals surface area contributed by atoms with Gasteiger partial charge in [0.15, 0.2) is 0 Å². The summed E-state index contributed by atoms with van der Waals surface area (Å²) < 4.78 is 5.49. The lowest BCUT2D eigenvalue weighted by Crippen LogP contribution is -2.40. The minimum atomic E-state index is 0.247. The molecule has 3 rings (SSSR count). The van der Waals surface area contributed by atoms with Crippen LogP contribution in [0.2, 0.25) is 0 Å². The monoisotopic (exact) mass is 346 g/mol. The van der Waals surface area contributed by atoms with Crippen LogP contribution in [-0.2, 0) is 17.9 Å². The normalized spacial score (nSPS) is 15.7. The molecule has 3 heterocycles. The zero-order valence-corrected chi connectivity index (χ0v) is 15.2. The second-order valence-corrected chi connectivity index (χ2v) is 7.90. The molecule has 4 nitrogen and oxygen atoms in total. The molecular formula is C19H26N2O2S. The third-order valence-corrected chi connectivity index (χ3v) is 5.44. The maximum Gasteiger partial charge on any atom is 0.236 e. The Morgan fingerprint density at radius 2 is 1.96 bits per heavy atom. The van der Waals surface area contributed by atoms with Crippen LogP contribution in [-0.4, -0.2) is 35.3 Å². The van der Waals surface area contributed by atoms with E-state index < -0.39 is 0 Å². The van der Waals surface area contributed by atoms with E-state index in [9.17, 15) is 4.79 Å². The molecule has 1 aliphatic heterocycles. The highest BCUT2D eigenvalue weighted by atomic mass is 32.1. The zero-order chi connectivity index (χ0) is 16.8. The van der Waals surface area contributed by atoms with Crippen LogP contribution in [0.4, 0.5) is 0 Å². The SMILES string of the molecule is Cc1ccc(CN(CC(=O)N2CCCCCC2)Cc2ccco2)s1. The van der Waals surface area contributed by atoms with Crippen LogP contribution >= 0.6 is 11.3 Å².